The third-order valence-corrected chi connectivity index (χ3v) is 4.57. The maximum absolute atomic E-state index is 8.98. The molecule has 3 heteroatoms. The molecule has 0 amide bonds. The van der Waals surface area contributed by atoms with Crippen molar-refractivity contribution in [3.63, 3.8) is 0 Å². The van der Waals surface area contributed by atoms with Crippen LogP contribution in [0.15, 0.2) is 48.5 Å². The van der Waals surface area contributed by atoms with Crippen LogP contribution >= 0.6 is 11.6 Å². The summed E-state index contributed by atoms with van der Waals surface area (Å²) in [5, 5.41) is 9.72. The quantitative estimate of drug-likeness (QED) is 0.775. The third kappa shape index (κ3) is 2.65. The Labute approximate surface area is 106 Å². The Morgan fingerprint density at radius 2 is 1.69 bits per heavy atom. The van der Waals surface area contributed by atoms with E-state index < -0.39 is 0 Å². The molecule has 0 heterocycles. The molecule has 0 N–H and O–H groups in total. The van der Waals surface area contributed by atoms with Crippen molar-refractivity contribution in [2.24, 2.45) is 0 Å². The Kier molecular flexibility index (Phi) is 3.64. The van der Waals surface area contributed by atoms with E-state index in [2.05, 4.69) is 6.07 Å². The molecule has 78 valence electrons. The van der Waals surface area contributed by atoms with Gasteiger partial charge in [-0.2, -0.15) is 0 Å². The zero-order valence-corrected chi connectivity index (χ0v) is 10.8. The van der Waals surface area contributed by atoms with Crippen molar-refractivity contribution in [2.75, 3.05) is 0 Å². The third-order valence-electron chi connectivity index (χ3n) is 2.05. The number of nitrogens with zero attached hydrogens (tertiary/aromatic N) is 1. The topological polar surface area (TPSA) is 23.8 Å². The van der Waals surface area contributed by atoms with Crippen LogP contribution in [0.5, 0.6) is 0 Å². The molecular formula is C13H8ClNSe. The van der Waals surface area contributed by atoms with Gasteiger partial charge in [0.05, 0.1) is 0 Å². The Balaban J connectivity index is 2.27. The first-order valence-electron chi connectivity index (χ1n) is 4.72. The van der Waals surface area contributed by atoms with E-state index in [4.69, 9.17) is 16.9 Å². The Morgan fingerprint density at radius 3 is 2.38 bits per heavy atom. The Bertz CT molecular complexity index is 528. The van der Waals surface area contributed by atoms with Crippen molar-refractivity contribution in [3.05, 3.63) is 59.1 Å². The summed E-state index contributed by atoms with van der Waals surface area (Å²) in [6.07, 6.45) is 0. The first-order chi connectivity index (χ1) is 7.79. The van der Waals surface area contributed by atoms with Gasteiger partial charge in [-0.25, -0.2) is 0 Å². The summed E-state index contributed by atoms with van der Waals surface area (Å²) < 4.78 is 2.33. The van der Waals surface area contributed by atoms with E-state index in [9.17, 15) is 0 Å². The molecule has 0 radical (unpaired) electrons. The summed E-state index contributed by atoms with van der Waals surface area (Å²) >= 11 is 5.99. The zero-order valence-electron chi connectivity index (χ0n) is 8.35. The predicted molar refractivity (Wildman–Crippen MR) is 67.6 cm³/mol. The van der Waals surface area contributed by atoms with Crippen LogP contribution in [0.3, 0.4) is 0 Å². The van der Waals surface area contributed by atoms with Crippen LogP contribution in [0.4, 0.5) is 0 Å². The van der Waals surface area contributed by atoms with E-state index >= 15 is 0 Å². The van der Waals surface area contributed by atoms with E-state index in [0.717, 1.165) is 15.0 Å². The SMILES string of the molecule is N#Cc1ccccc1[Se]c1ccc(Cl)cc1. The average Bonchev–Trinajstić information content (AvgIpc) is 2.33. The van der Waals surface area contributed by atoms with Crippen LogP contribution in [-0.2, 0) is 0 Å². The molecular weight excluding hydrogens is 285 g/mol. The second-order valence-corrected chi connectivity index (χ2v) is 5.94. The second kappa shape index (κ2) is 5.18. The Morgan fingerprint density at radius 1 is 1.00 bits per heavy atom. The maximum atomic E-state index is 8.98. The normalized spacial score (nSPS) is 9.75. The first kappa shape index (κ1) is 11.2. The predicted octanol–water partition coefficient (Wildman–Crippen LogP) is 1.87. The van der Waals surface area contributed by atoms with Gasteiger partial charge in [0, 0.05) is 0 Å². The molecule has 0 spiro atoms. The van der Waals surface area contributed by atoms with Crippen molar-refractivity contribution in [1.82, 2.24) is 0 Å². The van der Waals surface area contributed by atoms with Gasteiger partial charge in [0.1, 0.15) is 0 Å². The number of hydrogen-bond acceptors (Lipinski definition) is 1. The Hall–Kier alpha value is -1.26. The molecule has 0 atom stereocenters. The van der Waals surface area contributed by atoms with E-state index in [1.54, 1.807) is 0 Å². The molecule has 2 aromatic carbocycles. The van der Waals surface area contributed by atoms with E-state index in [1.807, 2.05) is 48.5 Å². The summed E-state index contributed by atoms with van der Waals surface area (Å²) in [6.45, 7) is 0. The van der Waals surface area contributed by atoms with Crippen LogP contribution in [-0.4, -0.2) is 15.0 Å². The molecule has 0 aliphatic rings. The van der Waals surface area contributed by atoms with Gasteiger partial charge in [0.25, 0.3) is 0 Å². The molecule has 0 saturated carbocycles. The van der Waals surface area contributed by atoms with Crippen LogP contribution < -0.4 is 8.92 Å². The van der Waals surface area contributed by atoms with Crippen LogP contribution in [0.1, 0.15) is 5.56 Å². The van der Waals surface area contributed by atoms with Gasteiger partial charge in [-0.1, -0.05) is 0 Å². The molecule has 0 aliphatic carbocycles. The number of hydrogen-bond donors (Lipinski definition) is 0. The van der Waals surface area contributed by atoms with Crippen LogP contribution in [0.25, 0.3) is 0 Å². The van der Waals surface area contributed by atoms with Gasteiger partial charge in [0.2, 0.25) is 0 Å². The van der Waals surface area contributed by atoms with Gasteiger partial charge < -0.3 is 0 Å². The van der Waals surface area contributed by atoms with Gasteiger partial charge in [-0.3, -0.25) is 0 Å². The number of halogens is 1. The zero-order chi connectivity index (χ0) is 11.4. The minimum atomic E-state index is 0.164. The molecule has 0 aromatic heterocycles. The molecule has 0 aliphatic heterocycles. The van der Waals surface area contributed by atoms with Gasteiger partial charge >= 0.3 is 106 Å². The summed E-state index contributed by atoms with van der Waals surface area (Å²) in [7, 11) is 0. The number of rotatable bonds is 2. The molecule has 1 nitrogen and oxygen atoms in total. The average molecular weight is 293 g/mol. The summed E-state index contributed by atoms with van der Waals surface area (Å²) in [6, 6.07) is 17.7. The second-order valence-electron chi connectivity index (χ2n) is 3.16. The molecule has 16 heavy (non-hydrogen) atoms. The van der Waals surface area contributed by atoms with Crippen molar-refractivity contribution >= 4 is 35.5 Å². The van der Waals surface area contributed by atoms with Crippen molar-refractivity contribution in [2.45, 2.75) is 0 Å². The summed E-state index contributed by atoms with van der Waals surface area (Å²) in [5.41, 5.74) is 0.762. The van der Waals surface area contributed by atoms with E-state index in [1.165, 1.54) is 4.46 Å². The van der Waals surface area contributed by atoms with Gasteiger partial charge in [0.15, 0.2) is 0 Å². The molecule has 0 unspecified atom stereocenters. The fourth-order valence-corrected chi connectivity index (χ4v) is 3.28. The first-order valence-corrected chi connectivity index (χ1v) is 6.81. The number of benzene rings is 2. The standard InChI is InChI=1S/C13H8ClNSe/c14-11-5-7-12(8-6-11)16-13-4-2-1-3-10(13)9-15/h1-8H. The summed E-state index contributed by atoms with van der Waals surface area (Å²) in [5.74, 6) is 0. The van der Waals surface area contributed by atoms with E-state index in [-0.39, 0.29) is 15.0 Å². The summed E-state index contributed by atoms with van der Waals surface area (Å²) in [4.78, 5) is 0. The van der Waals surface area contributed by atoms with Crippen LogP contribution in [0, 0.1) is 11.3 Å². The van der Waals surface area contributed by atoms with E-state index in [0.29, 0.717) is 0 Å². The minimum absolute atomic E-state index is 0.164. The molecule has 0 fully saturated rings. The van der Waals surface area contributed by atoms with Gasteiger partial charge in [-0.15, -0.1) is 0 Å². The molecule has 2 rings (SSSR count). The fourth-order valence-electron chi connectivity index (χ4n) is 1.28. The number of nitriles is 1. The molecule has 2 aromatic rings. The fraction of sp³-hybridized carbons (Fsp3) is 0. The monoisotopic (exact) mass is 293 g/mol. The van der Waals surface area contributed by atoms with Gasteiger partial charge in [-0.05, 0) is 0 Å². The van der Waals surface area contributed by atoms with Crippen molar-refractivity contribution < 1.29 is 0 Å². The van der Waals surface area contributed by atoms with Crippen molar-refractivity contribution in [1.29, 1.82) is 5.26 Å². The molecule has 0 saturated heterocycles. The van der Waals surface area contributed by atoms with Crippen LogP contribution in [0.2, 0.25) is 5.02 Å². The van der Waals surface area contributed by atoms with Crippen molar-refractivity contribution in [3.8, 4) is 6.07 Å². The molecule has 0 bridgehead atoms.